The molecule has 1 aliphatic rings. The first kappa shape index (κ1) is 17.7. The average Bonchev–Trinajstić information content (AvgIpc) is 2.60. The maximum Gasteiger partial charge on any atom is 0.171 e. The highest BCUT2D eigenvalue weighted by Crippen LogP contribution is 2.23. The van der Waals surface area contributed by atoms with Gasteiger partial charge < -0.3 is 15.5 Å². The number of nitrogens with zero attached hydrogens (tertiary/aromatic N) is 1. The first-order chi connectivity index (χ1) is 12.1. The van der Waals surface area contributed by atoms with Crippen molar-refractivity contribution in [2.45, 2.75) is 26.3 Å². The number of hydrogen-bond donors (Lipinski definition) is 2. The summed E-state index contributed by atoms with van der Waals surface area (Å²) in [6.07, 6.45) is 2.60. The van der Waals surface area contributed by atoms with Gasteiger partial charge in [0.2, 0.25) is 0 Å². The van der Waals surface area contributed by atoms with Crippen molar-refractivity contribution in [2.75, 3.05) is 23.3 Å². The van der Waals surface area contributed by atoms with E-state index in [1.165, 1.54) is 30.7 Å². The molecule has 1 fully saturated rings. The van der Waals surface area contributed by atoms with E-state index in [-0.39, 0.29) is 5.82 Å². The SMILES string of the molecule is C[C@@H]1CCCN(c2ccc(CNC(=S)Nc3cccc(F)c3)cc2)C1. The Labute approximate surface area is 154 Å². The van der Waals surface area contributed by atoms with E-state index in [1.807, 2.05) is 0 Å². The second kappa shape index (κ2) is 8.30. The topological polar surface area (TPSA) is 27.3 Å². The zero-order valence-electron chi connectivity index (χ0n) is 14.5. The zero-order chi connectivity index (χ0) is 17.6. The van der Waals surface area contributed by atoms with Crippen LogP contribution in [0.1, 0.15) is 25.3 Å². The summed E-state index contributed by atoms with van der Waals surface area (Å²) < 4.78 is 13.2. The van der Waals surface area contributed by atoms with E-state index >= 15 is 0 Å². The molecule has 3 nitrogen and oxygen atoms in total. The van der Waals surface area contributed by atoms with Crippen LogP contribution in [0, 0.1) is 11.7 Å². The molecule has 1 heterocycles. The Morgan fingerprint density at radius 2 is 2.04 bits per heavy atom. The Morgan fingerprint density at radius 1 is 1.24 bits per heavy atom. The normalized spacial score (nSPS) is 17.2. The second-order valence-corrected chi connectivity index (χ2v) is 7.09. The molecule has 0 bridgehead atoms. The number of halogens is 1. The number of hydrogen-bond acceptors (Lipinski definition) is 2. The molecule has 0 radical (unpaired) electrons. The van der Waals surface area contributed by atoms with Crippen LogP contribution >= 0.6 is 12.2 Å². The standard InChI is InChI=1S/C20H24FN3S/c1-15-4-3-11-24(14-15)19-9-7-16(8-10-19)13-22-20(25)23-18-6-2-5-17(21)12-18/h2,5-10,12,15H,3-4,11,13-14H2,1H3,(H2,22,23,25)/t15-/m1/s1. The Balaban J connectivity index is 1.50. The van der Waals surface area contributed by atoms with Gasteiger partial charge in [-0.2, -0.15) is 0 Å². The van der Waals surface area contributed by atoms with Crippen LogP contribution in [0.4, 0.5) is 15.8 Å². The monoisotopic (exact) mass is 357 g/mol. The van der Waals surface area contributed by atoms with Crippen molar-refractivity contribution >= 4 is 28.7 Å². The minimum atomic E-state index is -0.282. The quantitative estimate of drug-likeness (QED) is 0.785. The van der Waals surface area contributed by atoms with Crippen LogP contribution in [0.15, 0.2) is 48.5 Å². The molecule has 132 valence electrons. The lowest BCUT2D eigenvalue weighted by Gasteiger charge is -2.32. The van der Waals surface area contributed by atoms with Crippen molar-refractivity contribution < 1.29 is 4.39 Å². The fourth-order valence-corrected chi connectivity index (χ4v) is 3.36. The smallest absolute Gasteiger partial charge is 0.171 e. The Morgan fingerprint density at radius 3 is 2.76 bits per heavy atom. The maximum absolute atomic E-state index is 13.2. The van der Waals surface area contributed by atoms with Crippen LogP contribution in [0.3, 0.4) is 0 Å². The maximum atomic E-state index is 13.2. The van der Waals surface area contributed by atoms with Crippen LogP contribution < -0.4 is 15.5 Å². The molecule has 1 saturated heterocycles. The van der Waals surface area contributed by atoms with Gasteiger partial charge >= 0.3 is 0 Å². The van der Waals surface area contributed by atoms with Crippen LogP contribution in [0.25, 0.3) is 0 Å². The summed E-state index contributed by atoms with van der Waals surface area (Å²) in [4.78, 5) is 2.46. The summed E-state index contributed by atoms with van der Waals surface area (Å²) in [5.74, 6) is 0.483. The number of rotatable bonds is 4. The highest BCUT2D eigenvalue weighted by molar-refractivity contribution is 7.80. The molecule has 1 atom stereocenters. The molecule has 1 aliphatic heterocycles. The predicted molar refractivity (Wildman–Crippen MR) is 107 cm³/mol. The molecule has 0 unspecified atom stereocenters. The largest absolute Gasteiger partial charge is 0.371 e. The molecule has 25 heavy (non-hydrogen) atoms. The third kappa shape index (κ3) is 5.16. The van der Waals surface area contributed by atoms with Crippen molar-refractivity contribution in [1.29, 1.82) is 0 Å². The van der Waals surface area contributed by atoms with Crippen molar-refractivity contribution in [3.63, 3.8) is 0 Å². The minimum Gasteiger partial charge on any atom is -0.371 e. The van der Waals surface area contributed by atoms with Gasteiger partial charge in [0.1, 0.15) is 5.82 Å². The zero-order valence-corrected chi connectivity index (χ0v) is 15.3. The van der Waals surface area contributed by atoms with Crippen molar-refractivity contribution in [1.82, 2.24) is 5.32 Å². The first-order valence-electron chi connectivity index (χ1n) is 8.74. The molecular weight excluding hydrogens is 333 g/mol. The van der Waals surface area contributed by atoms with E-state index in [0.29, 0.717) is 17.3 Å². The fourth-order valence-electron chi connectivity index (χ4n) is 3.17. The van der Waals surface area contributed by atoms with Crippen LogP contribution in [0.5, 0.6) is 0 Å². The van der Waals surface area contributed by atoms with Gasteiger partial charge in [-0.15, -0.1) is 0 Å². The minimum absolute atomic E-state index is 0.282. The van der Waals surface area contributed by atoms with E-state index in [9.17, 15) is 4.39 Å². The molecule has 2 N–H and O–H groups in total. The van der Waals surface area contributed by atoms with E-state index in [4.69, 9.17) is 12.2 Å². The lowest BCUT2D eigenvalue weighted by Crippen LogP contribution is -2.34. The molecule has 2 aromatic rings. The number of anilines is 2. The molecule has 0 amide bonds. The molecule has 0 aliphatic carbocycles. The van der Waals surface area contributed by atoms with Gasteiger partial charge in [-0.05, 0) is 66.9 Å². The summed E-state index contributed by atoms with van der Waals surface area (Å²) in [5.41, 5.74) is 3.10. The lowest BCUT2D eigenvalue weighted by atomic mass is 9.99. The van der Waals surface area contributed by atoms with Crippen molar-refractivity contribution in [3.05, 3.63) is 59.9 Å². The average molecular weight is 357 g/mol. The van der Waals surface area contributed by atoms with Crippen LogP contribution in [0.2, 0.25) is 0 Å². The lowest BCUT2D eigenvalue weighted by molar-refractivity contribution is 0.447. The number of benzene rings is 2. The van der Waals surface area contributed by atoms with E-state index in [2.05, 4.69) is 46.7 Å². The van der Waals surface area contributed by atoms with Gasteiger partial charge in [-0.1, -0.05) is 25.1 Å². The molecular formula is C20H24FN3S. The van der Waals surface area contributed by atoms with Gasteiger partial charge in [0.05, 0.1) is 0 Å². The Bertz CT molecular complexity index is 717. The molecule has 3 rings (SSSR count). The third-order valence-corrected chi connectivity index (χ3v) is 4.74. The third-order valence-electron chi connectivity index (χ3n) is 4.49. The first-order valence-corrected chi connectivity index (χ1v) is 9.15. The van der Waals surface area contributed by atoms with Crippen LogP contribution in [-0.2, 0) is 6.54 Å². The highest BCUT2D eigenvalue weighted by atomic mass is 32.1. The van der Waals surface area contributed by atoms with E-state index in [0.717, 1.165) is 24.6 Å². The summed E-state index contributed by atoms with van der Waals surface area (Å²) in [7, 11) is 0. The van der Waals surface area contributed by atoms with Gasteiger partial charge in [0.25, 0.3) is 0 Å². The molecule has 0 spiro atoms. The number of thiocarbonyl (C=S) groups is 1. The molecule has 0 saturated carbocycles. The van der Waals surface area contributed by atoms with Gasteiger partial charge in [0, 0.05) is 31.0 Å². The number of piperidine rings is 1. The predicted octanol–water partition coefficient (Wildman–Crippen LogP) is 4.55. The molecule has 5 heteroatoms. The van der Waals surface area contributed by atoms with E-state index in [1.54, 1.807) is 12.1 Å². The van der Waals surface area contributed by atoms with E-state index < -0.39 is 0 Å². The van der Waals surface area contributed by atoms with Crippen molar-refractivity contribution in [2.24, 2.45) is 5.92 Å². The molecule has 0 aromatic heterocycles. The summed E-state index contributed by atoms with van der Waals surface area (Å²) in [6, 6.07) is 14.9. The molecule has 2 aromatic carbocycles. The Hall–Kier alpha value is -2.14. The summed E-state index contributed by atoms with van der Waals surface area (Å²) in [5, 5.41) is 6.64. The Kier molecular flexibility index (Phi) is 5.87. The highest BCUT2D eigenvalue weighted by Gasteiger charge is 2.16. The van der Waals surface area contributed by atoms with Gasteiger partial charge in [-0.3, -0.25) is 0 Å². The summed E-state index contributed by atoms with van der Waals surface area (Å²) >= 11 is 5.27. The second-order valence-electron chi connectivity index (χ2n) is 6.68. The van der Waals surface area contributed by atoms with Gasteiger partial charge in [-0.25, -0.2) is 4.39 Å². The number of nitrogens with one attached hydrogen (secondary N) is 2. The van der Waals surface area contributed by atoms with Gasteiger partial charge in [0.15, 0.2) is 5.11 Å². The van der Waals surface area contributed by atoms with Crippen LogP contribution in [-0.4, -0.2) is 18.2 Å². The van der Waals surface area contributed by atoms with Crippen molar-refractivity contribution in [3.8, 4) is 0 Å². The summed E-state index contributed by atoms with van der Waals surface area (Å²) in [6.45, 7) is 5.23. The fraction of sp³-hybridized carbons (Fsp3) is 0.350.